The Labute approximate surface area is 61.7 Å². The minimum absolute atomic E-state index is 0.389. The number of carbonyl (C=O) groups is 1. The van der Waals surface area contributed by atoms with E-state index >= 15 is 0 Å². The van der Waals surface area contributed by atoms with Crippen molar-refractivity contribution in [3.63, 3.8) is 0 Å². The number of hydrogen-bond acceptors (Lipinski definition) is 4. The van der Waals surface area contributed by atoms with Gasteiger partial charge in [0.15, 0.2) is 11.9 Å². The van der Waals surface area contributed by atoms with Crippen molar-refractivity contribution in [3.05, 3.63) is 24.2 Å². The monoisotopic (exact) mass is 148 g/mol. The first kappa shape index (κ1) is 5.96. The number of aldehydes is 1. The van der Waals surface area contributed by atoms with Crippen molar-refractivity contribution in [3.8, 4) is 0 Å². The first-order valence-corrected chi connectivity index (χ1v) is 3.02. The summed E-state index contributed by atoms with van der Waals surface area (Å²) >= 11 is 0. The molecule has 0 bridgehead atoms. The van der Waals surface area contributed by atoms with Crippen LogP contribution in [0, 0.1) is 0 Å². The molecular formula is C6H4N4O. The van der Waals surface area contributed by atoms with E-state index in [1.807, 2.05) is 0 Å². The summed E-state index contributed by atoms with van der Waals surface area (Å²) in [7, 11) is 0. The zero-order valence-electron chi connectivity index (χ0n) is 5.51. The maximum Gasteiger partial charge on any atom is 0.176 e. The largest absolute Gasteiger partial charge is 0.296 e. The summed E-state index contributed by atoms with van der Waals surface area (Å²) in [5.74, 6) is 0. The topological polar surface area (TPSA) is 60.2 Å². The fourth-order valence-corrected chi connectivity index (χ4v) is 0.806. The maximum atomic E-state index is 10.3. The van der Waals surface area contributed by atoms with Gasteiger partial charge in [-0.2, -0.15) is 0 Å². The van der Waals surface area contributed by atoms with Crippen LogP contribution in [0.25, 0.3) is 5.65 Å². The Morgan fingerprint density at radius 2 is 2.45 bits per heavy atom. The maximum absolute atomic E-state index is 10.3. The van der Waals surface area contributed by atoms with Crippen LogP contribution >= 0.6 is 0 Å². The Morgan fingerprint density at radius 3 is 3.27 bits per heavy atom. The van der Waals surface area contributed by atoms with Crippen molar-refractivity contribution in [2.24, 2.45) is 0 Å². The Kier molecular flexibility index (Phi) is 1.15. The summed E-state index contributed by atoms with van der Waals surface area (Å²) < 4.78 is 1.49. The van der Waals surface area contributed by atoms with E-state index in [-0.39, 0.29) is 0 Å². The molecule has 0 unspecified atom stereocenters. The van der Waals surface area contributed by atoms with Crippen molar-refractivity contribution in [1.82, 2.24) is 19.8 Å². The molecule has 0 atom stereocenters. The van der Waals surface area contributed by atoms with Gasteiger partial charge in [0.05, 0.1) is 6.20 Å². The molecule has 11 heavy (non-hydrogen) atoms. The van der Waals surface area contributed by atoms with E-state index in [0.717, 1.165) is 0 Å². The normalized spacial score (nSPS) is 10.2. The van der Waals surface area contributed by atoms with Crippen LogP contribution < -0.4 is 0 Å². The summed E-state index contributed by atoms with van der Waals surface area (Å²) in [6, 6.07) is 1.58. The number of aromatic nitrogens is 4. The number of carbonyl (C=O) groups excluding carboxylic acids is 1. The van der Waals surface area contributed by atoms with E-state index in [2.05, 4.69) is 15.3 Å². The van der Waals surface area contributed by atoms with E-state index in [0.29, 0.717) is 17.6 Å². The average Bonchev–Trinajstić information content (AvgIpc) is 2.50. The molecule has 2 heterocycles. The molecule has 5 heteroatoms. The highest BCUT2D eigenvalue weighted by molar-refractivity contribution is 5.72. The average molecular weight is 148 g/mol. The van der Waals surface area contributed by atoms with Crippen molar-refractivity contribution < 1.29 is 4.79 Å². The SMILES string of the molecule is O=Cc1ccn2nncc2n1. The second-order valence-electron chi connectivity index (χ2n) is 2.01. The van der Waals surface area contributed by atoms with E-state index in [4.69, 9.17) is 0 Å². The van der Waals surface area contributed by atoms with Crippen LogP contribution in [0.1, 0.15) is 10.5 Å². The van der Waals surface area contributed by atoms with Crippen LogP contribution in [0.4, 0.5) is 0 Å². The highest BCUT2D eigenvalue weighted by Crippen LogP contribution is 1.95. The highest BCUT2D eigenvalue weighted by atomic mass is 16.1. The predicted octanol–water partition coefficient (Wildman–Crippen LogP) is -0.0632. The van der Waals surface area contributed by atoms with Gasteiger partial charge in [0, 0.05) is 6.20 Å². The third kappa shape index (κ3) is 0.861. The third-order valence-electron chi connectivity index (χ3n) is 1.31. The molecule has 2 aromatic rings. The number of rotatable bonds is 1. The van der Waals surface area contributed by atoms with Crippen molar-refractivity contribution in [2.45, 2.75) is 0 Å². The summed E-state index contributed by atoms with van der Waals surface area (Å²) in [5, 5.41) is 7.29. The van der Waals surface area contributed by atoms with Crippen molar-refractivity contribution in [2.75, 3.05) is 0 Å². The minimum Gasteiger partial charge on any atom is -0.296 e. The minimum atomic E-state index is 0.389. The second kappa shape index (κ2) is 2.12. The summed E-state index contributed by atoms with van der Waals surface area (Å²) in [6.07, 6.45) is 3.82. The molecule has 2 rings (SSSR count). The Balaban J connectivity index is 2.76. The molecule has 54 valence electrons. The van der Waals surface area contributed by atoms with Gasteiger partial charge >= 0.3 is 0 Å². The van der Waals surface area contributed by atoms with E-state index < -0.39 is 0 Å². The summed E-state index contributed by atoms with van der Waals surface area (Å²) in [4.78, 5) is 14.2. The standard InChI is InChI=1S/C6H4N4O/c11-4-5-1-2-10-6(8-5)3-7-9-10/h1-4H. The number of nitrogens with zero attached hydrogens (tertiary/aromatic N) is 4. The van der Waals surface area contributed by atoms with Crippen LogP contribution in [0.3, 0.4) is 0 Å². The van der Waals surface area contributed by atoms with Crippen molar-refractivity contribution >= 4 is 11.9 Å². The van der Waals surface area contributed by atoms with Crippen LogP contribution in [-0.4, -0.2) is 26.1 Å². The molecule has 0 saturated heterocycles. The molecule has 5 nitrogen and oxygen atoms in total. The Hall–Kier alpha value is -1.78. The lowest BCUT2D eigenvalue weighted by molar-refractivity contribution is 0.111. The molecule has 0 radical (unpaired) electrons. The zero-order valence-corrected chi connectivity index (χ0v) is 5.51. The highest BCUT2D eigenvalue weighted by Gasteiger charge is 1.96. The molecule has 0 aliphatic heterocycles. The van der Waals surface area contributed by atoms with E-state index in [1.165, 1.54) is 10.7 Å². The Bertz CT molecular complexity index is 394. The molecule has 0 saturated carbocycles. The molecule has 0 spiro atoms. The smallest absolute Gasteiger partial charge is 0.176 e. The lowest BCUT2D eigenvalue weighted by Gasteiger charge is -1.89. The molecule has 0 aliphatic rings. The summed E-state index contributed by atoms with van der Waals surface area (Å²) in [6.45, 7) is 0. The van der Waals surface area contributed by atoms with Gasteiger partial charge in [-0.1, -0.05) is 5.21 Å². The summed E-state index contributed by atoms with van der Waals surface area (Å²) in [5.41, 5.74) is 0.967. The van der Waals surface area contributed by atoms with Crippen LogP contribution in [0.5, 0.6) is 0 Å². The van der Waals surface area contributed by atoms with E-state index in [9.17, 15) is 4.79 Å². The zero-order chi connectivity index (χ0) is 7.68. The molecule has 0 amide bonds. The van der Waals surface area contributed by atoms with Crippen LogP contribution in [0.2, 0.25) is 0 Å². The Morgan fingerprint density at radius 1 is 1.55 bits per heavy atom. The predicted molar refractivity (Wildman–Crippen MR) is 36.2 cm³/mol. The first-order valence-electron chi connectivity index (χ1n) is 3.02. The third-order valence-corrected chi connectivity index (χ3v) is 1.31. The molecule has 0 aromatic carbocycles. The van der Waals surface area contributed by atoms with Gasteiger partial charge in [-0.3, -0.25) is 4.79 Å². The van der Waals surface area contributed by atoms with Crippen LogP contribution in [-0.2, 0) is 0 Å². The van der Waals surface area contributed by atoms with Crippen LogP contribution in [0.15, 0.2) is 18.5 Å². The lowest BCUT2D eigenvalue weighted by Crippen LogP contribution is -1.92. The number of fused-ring (bicyclic) bond motifs is 1. The lowest BCUT2D eigenvalue weighted by atomic mass is 10.4. The van der Waals surface area contributed by atoms with Gasteiger partial charge in [0.1, 0.15) is 5.69 Å². The van der Waals surface area contributed by atoms with Gasteiger partial charge in [0.2, 0.25) is 0 Å². The molecule has 0 fully saturated rings. The quantitative estimate of drug-likeness (QED) is 0.531. The fourth-order valence-electron chi connectivity index (χ4n) is 0.806. The fraction of sp³-hybridized carbons (Fsp3) is 0. The van der Waals surface area contributed by atoms with E-state index in [1.54, 1.807) is 12.3 Å². The number of hydrogen-bond donors (Lipinski definition) is 0. The molecule has 0 N–H and O–H groups in total. The second-order valence-corrected chi connectivity index (χ2v) is 2.01. The van der Waals surface area contributed by atoms with Gasteiger partial charge in [0.25, 0.3) is 0 Å². The van der Waals surface area contributed by atoms with Gasteiger partial charge < -0.3 is 0 Å². The van der Waals surface area contributed by atoms with Gasteiger partial charge in [-0.05, 0) is 6.07 Å². The molecular weight excluding hydrogens is 144 g/mol. The molecule has 2 aromatic heterocycles. The first-order chi connectivity index (χ1) is 5.40. The van der Waals surface area contributed by atoms with Gasteiger partial charge in [-0.15, -0.1) is 5.10 Å². The molecule has 0 aliphatic carbocycles. The van der Waals surface area contributed by atoms with Gasteiger partial charge in [-0.25, -0.2) is 9.50 Å². The van der Waals surface area contributed by atoms with Crippen molar-refractivity contribution in [1.29, 1.82) is 0 Å².